The number of likely N-dealkylation sites (N-methyl/N-ethyl adjacent to an activating group) is 1. The van der Waals surface area contributed by atoms with Gasteiger partial charge < -0.3 is 10.1 Å². The van der Waals surface area contributed by atoms with Crippen LogP contribution in [-0.4, -0.2) is 25.3 Å². The van der Waals surface area contributed by atoms with Crippen molar-refractivity contribution in [2.24, 2.45) is 0 Å². The summed E-state index contributed by atoms with van der Waals surface area (Å²) in [4.78, 5) is 0. The molecule has 0 bridgehead atoms. The van der Waals surface area contributed by atoms with Crippen molar-refractivity contribution in [3.63, 3.8) is 0 Å². The Morgan fingerprint density at radius 1 is 1.45 bits per heavy atom. The maximum atomic E-state index is 14.0. The zero-order chi connectivity index (χ0) is 14.5. The predicted molar refractivity (Wildman–Crippen MR) is 78.8 cm³/mol. The zero-order valence-corrected chi connectivity index (χ0v) is 13.2. The highest BCUT2D eigenvalue weighted by molar-refractivity contribution is 9.10. The Balaban J connectivity index is 2.08. The molecule has 0 amide bonds. The lowest BCUT2D eigenvalue weighted by molar-refractivity contribution is 0.0945. The number of rotatable bonds is 6. The van der Waals surface area contributed by atoms with Gasteiger partial charge in [-0.15, -0.1) is 0 Å². The molecular formula is C15H20BrF2NO. The van der Waals surface area contributed by atoms with E-state index in [1.165, 1.54) is 12.1 Å². The average molecular weight is 348 g/mol. The summed E-state index contributed by atoms with van der Waals surface area (Å²) in [6.45, 7) is 3.56. The van der Waals surface area contributed by atoms with Crippen molar-refractivity contribution in [2.75, 3.05) is 13.2 Å². The third-order valence-electron chi connectivity index (χ3n) is 3.65. The van der Waals surface area contributed by atoms with Crippen LogP contribution in [0.5, 0.6) is 0 Å². The van der Waals surface area contributed by atoms with Gasteiger partial charge >= 0.3 is 0 Å². The Hall–Kier alpha value is -0.520. The first-order chi connectivity index (χ1) is 9.61. The summed E-state index contributed by atoms with van der Waals surface area (Å²) in [7, 11) is 0. The van der Waals surface area contributed by atoms with Gasteiger partial charge in [0.25, 0.3) is 0 Å². The van der Waals surface area contributed by atoms with Gasteiger partial charge in [-0.3, -0.25) is 0 Å². The van der Waals surface area contributed by atoms with Crippen molar-refractivity contribution in [1.29, 1.82) is 0 Å². The first-order valence-electron chi connectivity index (χ1n) is 7.09. The van der Waals surface area contributed by atoms with Crippen molar-refractivity contribution < 1.29 is 13.5 Å². The van der Waals surface area contributed by atoms with Crippen LogP contribution in [0, 0.1) is 11.6 Å². The monoisotopic (exact) mass is 347 g/mol. The van der Waals surface area contributed by atoms with E-state index in [9.17, 15) is 8.78 Å². The van der Waals surface area contributed by atoms with Crippen molar-refractivity contribution in [2.45, 2.75) is 44.8 Å². The summed E-state index contributed by atoms with van der Waals surface area (Å²) in [5.41, 5.74) is 0.142. The Bertz CT molecular complexity index is 450. The lowest BCUT2D eigenvalue weighted by atomic mass is 9.98. The first kappa shape index (κ1) is 15.9. The topological polar surface area (TPSA) is 21.3 Å². The molecule has 0 aromatic heterocycles. The molecule has 5 heteroatoms. The molecule has 0 saturated carbocycles. The minimum absolute atomic E-state index is 0.0291. The van der Waals surface area contributed by atoms with E-state index in [4.69, 9.17) is 4.74 Å². The number of halogens is 3. The molecule has 1 aromatic carbocycles. The molecule has 1 fully saturated rings. The largest absolute Gasteiger partial charge is 0.378 e. The van der Waals surface area contributed by atoms with E-state index in [-0.39, 0.29) is 17.7 Å². The fourth-order valence-electron chi connectivity index (χ4n) is 2.68. The van der Waals surface area contributed by atoms with E-state index in [0.29, 0.717) is 10.9 Å². The molecule has 112 valence electrons. The molecule has 1 saturated heterocycles. The van der Waals surface area contributed by atoms with Crippen LogP contribution in [0.25, 0.3) is 0 Å². The van der Waals surface area contributed by atoms with Crippen molar-refractivity contribution in [1.82, 2.24) is 5.32 Å². The number of nitrogens with one attached hydrogen (secondary N) is 1. The van der Waals surface area contributed by atoms with E-state index in [1.807, 2.05) is 6.92 Å². The summed E-state index contributed by atoms with van der Waals surface area (Å²) < 4.78 is 33.8. The van der Waals surface area contributed by atoms with E-state index < -0.39 is 11.6 Å². The average Bonchev–Trinajstić information content (AvgIpc) is 2.92. The smallest absolute Gasteiger partial charge is 0.143 e. The molecule has 1 heterocycles. The molecule has 2 unspecified atom stereocenters. The molecule has 2 rings (SSSR count). The van der Waals surface area contributed by atoms with Crippen LogP contribution in [0.1, 0.15) is 31.7 Å². The van der Waals surface area contributed by atoms with E-state index >= 15 is 0 Å². The molecule has 20 heavy (non-hydrogen) atoms. The van der Waals surface area contributed by atoms with Crippen molar-refractivity contribution in [3.05, 3.63) is 33.8 Å². The van der Waals surface area contributed by atoms with Crippen LogP contribution in [-0.2, 0) is 11.2 Å². The van der Waals surface area contributed by atoms with Crippen LogP contribution < -0.4 is 5.32 Å². The SMILES string of the molecule is CCNC(Cc1c(F)ccc(Br)c1F)CC1CCCO1. The van der Waals surface area contributed by atoms with E-state index in [0.717, 1.165) is 32.4 Å². The summed E-state index contributed by atoms with van der Waals surface area (Å²) in [5.74, 6) is -0.985. The fraction of sp³-hybridized carbons (Fsp3) is 0.600. The summed E-state index contributed by atoms with van der Waals surface area (Å²) >= 11 is 3.11. The molecule has 1 aromatic rings. The van der Waals surface area contributed by atoms with Crippen LogP contribution in [0.3, 0.4) is 0 Å². The second-order valence-electron chi connectivity index (χ2n) is 5.15. The second kappa shape index (κ2) is 7.48. The molecule has 0 spiro atoms. The lowest BCUT2D eigenvalue weighted by Gasteiger charge is -2.22. The molecule has 2 atom stereocenters. The minimum atomic E-state index is -0.500. The molecule has 1 aliphatic rings. The second-order valence-corrected chi connectivity index (χ2v) is 6.01. The maximum absolute atomic E-state index is 14.0. The van der Waals surface area contributed by atoms with Crippen LogP contribution >= 0.6 is 15.9 Å². The van der Waals surface area contributed by atoms with Crippen LogP contribution in [0.2, 0.25) is 0 Å². The molecule has 2 nitrogen and oxygen atoms in total. The quantitative estimate of drug-likeness (QED) is 0.790. The normalized spacial score (nSPS) is 20.3. The summed E-state index contributed by atoms with van der Waals surface area (Å²) in [6.07, 6.45) is 3.44. The molecule has 0 radical (unpaired) electrons. The summed E-state index contributed by atoms with van der Waals surface area (Å²) in [6, 6.07) is 2.73. The molecule has 1 N–H and O–H groups in total. The predicted octanol–water partition coefficient (Wildman–Crippen LogP) is 3.82. The number of benzene rings is 1. The van der Waals surface area contributed by atoms with Gasteiger partial charge in [0, 0.05) is 18.2 Å². The van der Waals surface area contributed by atoms with E-state index in [1.54, 1.807) is 0 Å². The van der Waals surface area contributed by atoms with Crippen molar-refractivity contribution >= 4 is 15.9 Å². The zero-order valence-electron chi connectivity index (χ0n) is 11.6. The molecule has 0 aliphatic carbocycles. The summed E-state index contributed by atoms with van der Waals surface area (Å²) in [5, 5.41) is 3.30. The van der Waals surface area contributed by atoms with Crippen molar-refractivity contribution in [3.8, 4) is 0 Å². The third kappa shape index (κ3) is 3.99. The van der Waals surface area contributed by atoms with Gasteiger partial charge in [0.05, 0.1) is 10.6 Å². The highest BCUT2D eigenvalue weighted by atomic mass is 79.9. The van der Waals surface area contributed by atoms with Crippen LogP contribution in [0.4, 0.5) is 8.78 Å². The number of hydrogen-bond acceptors (Lipinski definition) is 2. The highest BCUT2D eigenvalue weighted by Gasteiger charge is 2.23. The van der Waals surface area contributed by atoms with Crippen LogP contribution in [0.15, 0.2) is 16.6 Å². The Labute approximate surface area is 127 Å². The number of ether oxygens (including phenoxy) is 1. The van der Waals surface area contributed by atoms with Gasteiger partial charge in [-0.1, -0.05) is 6.92 Å². The van der Waals surface area contributed by atoms with Gasteiger partial charge in [0.15, 0.2) is 0 Å². The van der Waals surface area contributed by atoms with Gasteiger partial charge in [0.2, 0.25) is 0 Å². The Kier molecular flexibility index (Phi) is 5.93. The lowest BCUT2D eigenvalue weighted by Crippen LogP contribution is -2.35. The standard InChI is InChI=1S/C15H20BrF2NO/c1-2-19-10(8-11-4-3-7-20-11)9-12-14(17)6-5-13(16)15(12)18/h5-6,10-11,19H,2-4,7-9H2,1H3. The third-order valence-corrected chi connectivity index (χ3v) is 4.27. The highest BCUT2D eigenvalue weighted by Crippen LogP contribution is 2.25. The Morgan fingerprint density at radius 3 is 2.90 bits per heavy atom. The van der Waals surface area contributed by atoms with Gasteiger partial charge in [-0.2, -0.15) is 0 Å². The van der Waals surface area contributed by atoms with Gasteiger partial charge in [-0.25, -0.2) is 8.78 Å². The van der Waals surface area contributed by atoms with Gasteiger partial charge in [-0.05, 0) is 60.3 Å². The molecular weight excluding hydrogens is 328 g/mol. The number of hydrogen-bond donors (Lipinski definition) is 1. The van der Waals surface area contributed by atoms with Gasteiger partial charge in [0.1, 0.15) is 11.6 Å². The van der Waals surface area contributed by atoms with E-state index in [2.05, 4.69) is 21.2 Å². The molecule has 1 aliphatic heterocycles. The first-order valence-corrected chi connectivity index (χ1v) is 7.88. The Morgan fingerprint density at radius 2 is 2.25 bits per heavy atom. The fourth-order valence-corrected chi connectivity index (χ4v) is 3.05. The minimum Gasteiger partial charge on any atom is -0.378 e. The maximum Gasteiger partial charge on any atom is 0.143 e.